The molecule has 2 aliphatic heterocycles. The van der Waals surface area contributed by atoms with Crippen LogP contribution in [0, 0.1) is 0 Å². The number of benzene rings is 1. The molecule has 19 heavy (non-hydrogen) atoms. The van der Waals surface area contributed by atoms with Crippen LogP contribution in [0.4, 0.5) is 5.69 Å². The van der Waals surface area contributed by atoms with E-state index in [0.29, 0.717) is 6.04 Å². The van der Waals surface area contributed by atoms with E-state index in [1.807, 2.05) is 12.1 Å². The van der Waals surface area contributed by atoms with Gasteiger partial charge >= 0.3 is 0 Å². The molecule has 1 aromatic rings. The Kier molecular flexibility index (Phi) is 3.99. The largest absolute Gasteiger partial charge is 0.495 e. The van der Waals surface area contributed by atoms with Crippen molar-refractivity contribution < 1.29 is 4.74 Å². The average molecular weight is 325 g/mol. The maximum atomic E-state index is 5.43. The van der Waals surface area contributed by atoms with Gasteiger partial charge in [0.25, 0.3) is 0 Å². The summed E-state index contributed by atoms with van der Waals surface area (Å²) in [4.78, 5) is 2.65. The fourth-order valence-electron chi connectivity index (χ4n) is 3.37. The van der Waals surface area contributed by atoms with E-state index >= 15 is 0 Å². The van der Waals surface area contributed by atoms with E-state index in [4.69, 9.17) is 4.74 Å². The normalized spacial score (nSPS) is 27.1. The second-order valence-corrected chi connectivity index (χ2v) is 6.46. The number of anilines is 1. The summed E-state index contributed by atoms with van der Waals surface area (Å²) in [7, 11) is 1.73. The molecule has 0 spiro atoms. The Balaban J connectivity index is 1.69. The molecule has 0 aliphatic carbocycles. The van der Waals surface area contributed by atoms with Crippen molar-refractivity contribution in [1.29, 1.82) is 0 Å². The van der Waals surface area contributed by atoms with E-state index in [2.05, 4.69) is 32.2 Å². The molecule has 3 nitrogen and oxygen atoms in total. The molecule has 104 valence electrons. The maximum Gasteiger partial charge on any atom is 0.142 e. The first kappa shape index (κ1) is 13.3. The highest BCUT2D eigenvalue weighted by Crippen LogP contribution is 2.32. The third-order valence-corrected chi connectivity index (χ3v) is 4.83. The average Bonchev–Trinajstić information content (AvgIpc) is 2.86. The second kappa shape index (κ2) is 5.71. The molecule has 0 amide bonds. The molecule has 2 unspecified atom stereocenters. The third-order valence-electron chi connectivity index (χ3n) is 4.34. The molecule has 2 atom stereocenters. The van der Waals surface area contributed by atoms with Gasteiger partial charge in [0.1, 0.15) is 5.75 Å². The molecule has 2 aliphatic rings. The van der Waals surface area contributed by atoms with Gasteiger partial charge in [0.15, 0.2) is 0 Å². The molecule has 4 heteroatoms. The van der Waals surface area contributed by atoms with E-state index in [1.54, 1.807) is 7.11 Å². The minimum Gasteiger partial charge on any atom is -0.495 e. The molecule has 2 saturated heterocycles. The maximum absolute atomic E-state index is 5.43. The molecule has 0 aromatic heterocycles. The van der Waals surface area contributed by atoms with Crippen LogP contribution in [0.5, 0.6) is 5.75 Å². The molecular weight excluding hydrogens is 304 g/mol. The lowest BCUT2D eigenvalue weighted by Crippen LogP contribution is -2.42. The number of rotatable bonds is 3. The number of methoxy groups -OCH3 is 1. The first-order valence-electron chi connectivity index (χ1n) is 7.10. The summed E-state index contributed by atoms with van der Waals surface area (Å²) < 4.78 is 6.53. The van der Waals surface area contributed by atoms with Crippen molar-refractivity contribution >= 4 is 21.6 Å². The highest BCUT2D eigenvalue weighted by molar-refractivity contribution is 9.10. The van der Waals surface area contributed by atoms with Crippen molar-refractivity contribution in [2.75, 3.05) is 25.5 Å². The first-order chi connectivity index (χ1) is 9.26. The molecule has 2 heterocycles. The summed E-state index contributed by atoms with van der Waals surface area (Å²) in [6, 6.07) is 7.51. The van der Waals surface area contributed by atoms with Crippen molar-refractivity contribution in [3.8, 4) is 5.75 Å². The van der Waals surface area contributed by atoms with Crippen molar-refractivity contribution in [3.63, 3.8) is 0 Å². The van der Waals surface area contributed by atoms with Gasteiger partial charge in [-0.15, -0.1) is 0 Å². The lowest BCUT2D eigenvalue weighted by atomic mass is 9.97. The minimum atomic E-state index is 0.572. The van der Waals surface area contributed by atoms with Gasteiger partial charge < -0.3 is 15.0 Å². The summed E-state index contributed by atoms with van der Waals surface area (Å²) in [5, 5.41) is 3.67. The smallest absolute Gasteiger partial charge is 0.142 e. The number of nitrogens with one attached hydrogen (secondary N) is 1. The summed E-state index contributed by atoms with van der Waals surface area (Å²) in [5.74, 6) is 0.928. The van der Waals surface area contributed by atoms with Gasteiger partial charge in [0.05, 0.1) is 12.8 Å². The number of hydrogen-bond acceptors (Lipinski definition) is 3. The Labute approximate surface area is 123 Å². The van der Waals surface area contributed by atoms with Crippen LogP contribution in [-0.4, -0.2) is 37.2 Å². The number of hydrogen-bond donors (Lipinski definition) is 1. The van der Waals surface area contributed by atoms with Crippen LogP contribution in [-0.2, 0) is 0 Å². The Morgan fingerprint density at radius 1 is 1.32 bits per heavy atom. The fourth-order valence-corrected chi connectivity index (χ4v) is 3.73. The number of nitrogens with zero attached hydrogens (tertiary/aromatic N) is 1. The molecule has 0 saturated carbocycles. The Morgan fingerprint density at radius 2 is 2.21 bits per heavy atom. The van der Waals surface area contributed by atoms with Gasteiger partial charge in [-0.25, -0.2) is 0 Å². The van der Waals surface area contributed by atoms with E-state index in [9.17, 15) is 0 Å². The molecule has 0 radical (unpaired) electrons. The van der Waals surface area contributed by atoms with Crippen molar-refractivity contribution in [1.82, 2.24) is 4.90 Å². The van der Waals surface area contributed by atoms with Gasteiger partial charge in [0, 0.05) is 23.1 Å². The lowest BCUT2D eigenvalue weighted by molar-refractivity contribution is 0.188. The van der Waals surface area contributed by atoms with Crippen molar-refractivity contribution in [3.05, 3.63) is 22.7 Å². The molecule has 3 rings (SSSR count). The number of fused-ring (bicyclic) bond motifs is 1. The number of ether oxygens (including phenoxy) is 1. The van der Waals surface area contributed by atoms with Crippen LogP contribution in [0.2, 0.25) is 0 Å². The monoisotopic (exact) mass is 324 g/mol. The molecule has 0 bridgehead atoms. The summed E-state index contributed by atoms with van der Waals surface area (Å²) in [6.45, 7) is 2.54. The predicted molar refractivity (Wildman–Crippen MR) is 81.9 cm³/mol. The van der Waals surface area contributed by atoms with E-state index in [0.717, 1.165) is 22.0 Å². The van der Waals surface area contributed by atoms with Gasteiger partial charge in [-0.05, 0) is 50.4 Å². The van der Waals surface area contributed by atoms with Crippen LogP contribution in [0.15, 0.2) is 22.7 Å². The Morgan fingerprint density at radius 3 is 3.05 bits per heavy atom. The summed E-state index contributed by atoms with van der Waals surface area (Å²) >= 11 is 3.53. The fraction of sp³-hybridized carbons (Fsp3) is 0.600. The van der Waals surface area contributed by atoms with Gasteiger partial charge in [-0.3, -0.25) is 0 Å². The van der Waals surface area contributed by atoms with Crippen LogP contribution in [0.3, 0.4) is 0 Å². The zero-order chi connectivity index (χ0) is 13.2. The standard InChI is InChI=1S/C15H21BrN2O/c1-19-15-5-4-11(16)9-14(15)17-12-6-8-18-7-2-3-13(18)10-12/h4-5,9,12-13,17H,2-3,6-8,10H2,1H3. The molecular formula is C15H21BrN2O. The van der Waals surface area contributed by atoms with Gasteiger partial charge in [0.2, 0.25) is 0 Å². The number of halogens is 1. The second-order valence-electron chi connectivity index (χ2n) is 5.54. The minimum absolute atomic E-state index is 0.572. The predicted octanol–water partition coefficient (Wildman–Crippen LogP) is 3.50. The third kappa shape index (κ3) is 2.90. The molecule has 1 N–H and O–H groups in total. The SMILES string of the molecule is COc1ccc(Br)cc1NC1CCN2CCCC2C1. The summed E-state index contributed by atoms with van der Waals surface area (Å²) in [5.41, 5.74) is 1.10. The summed E-state index contributed by atoms with van der Waals surface area (Å²) in [6.07, 6.45) is 5.23. The molecule has 2 fully saturated rings. The van der Waals surface area contributed by atoms with E-state index in [1.165, 1.54) is 38.8 Å². The van der Waals surface area contributed by atoms with Crippen LogP contribution < -0.4 is 10.1 Å². The van der Waals surface area contributed by atoms with Gasteiger partial charge in [-0.1, -0.05) is 15.9 Å². The lowest BCUT2D eigenvalue weighted by Gasteiger charge is -2.35. The molecule has 1 aromatic carbocycles. The van der Waals surface area contributed by atoms with E-state index < -0.39 is 0 Å². The van der Waals surface area contributed by atoms with Crippen LogP contribution >= 0.6 is 15.9 Å². The Hall–Kier alpha value is -0.740. The van der Waals surface area contributed by atoms with Crippen molar-refractivity contribution in [2.24, 2.45) is 0 Å². The highest BCUT2D eigenvalue weighted by atomic mass is 79.9. The van der Waals surface area contributed by atoms with Gasteiger partial charge in [-0.2, -0.15) is 0 Å². The number of piperidine rings is 1. The quantitative estimate of drug-likeness (QED) is 0.921. The topological polar surface area (TPSA) is 24.5 Å². The Bertz CT molecular complexity index is 452. The zero-order valence-electron chi connectivity index (χ0n) is 11.4. The van der Waals surface area contributed by atoms with Crippen LogP contribution in [0.1, 0.15) is 25.7 Å². The van der Waals surface area contributed by atoms with Crippen molar-refractivity contribution in [2.45, 2.75) is 37.8 Å². The highest BCUT2D eigenvalue weighted by Gasteiger charge is 2.31. The van der Waals surface area contributed by atoms with E-state index in [-0.39, 0.29) is 0 Å². The van der Waals surface area contributed by atoms with Crippen LogP contribution in [0.25, 0.3) is 0 Å². The zero-order valence-corrected chi connectivity index (χ0v) is 12.9. The first-order valence-corrected chi connectivity index (χ1v) is 7.89.